The second kappa shape index (κ2) is 32.2. The topological polar surface area (TPSA) is 19.7 Å². The fourth-order valence-electron chi connectivity index (χ4n) is 7.31. The fraction of sp³-hybridized carbons (Fsp3) is 0.929. The van der Waals surface area contributed by atoms with E-state index in [0.717, 1.165) is 0 Å². The second-order valence-corrected chi connectivity index (χ2v) is 14.7. The van der Waals surface area contributed by atoms with Crippen molar-refractivity contribution in [2.24, 2.45) is 0 Å². The summed E-state index contributed by atoms with van der Waals surface area (Å²) in [5.41, 5.74) is 0. The molecule has 0 saturated carbocycles. The Morgan fingerprint density at radius 1 is 0.432 bits per heavy atom. The lowest BCUT2D eigenvalue weighted by molar-refractivity contribution is -0.727. The molecule has 0 fully saturated rings. The lowest BCUT2D eigenvalue weighted by atomic mass is 9.92. The Morgan fingerprint density at radius 3 is 1.09 bits per heavy atom. The number of hydrogen-bond acceptors (Lipinski definition) is 0. The Hall–Kier alpha value is -0.790. The fourth-order valence-corrected chi connectivity index (χ4v) is 7.31. The van der Waals surface area contributed by atoms with E-state index < -0.39 is 0 Å². The highest BCUT2D eigenvalue weighted by Crippen LogP contribution is 2.27. The van der Waals surface area contributed by atoms with Gasteiger partial charge >= 0.3 is 0 Å². The highest BCUT2D eigenvalue weighted by atomic mass is 15.1. The van der Waals surface area contributed by atoms with Crippen LogP contribution in [0.25, 0.3) is 0 Å². The zero-order valence-electron chi connectivity index (χ0n) is 31.1. The number of nitrogens with zero attached hydrogens (tertiary/aromatic N) is 1. The molecule has 1 heterocycles. The van der Waals surface area contributed by atoms with Crippen molar-refractivity contribution in [2.75, 3.05) is 0 Å². The Kier molecular flexibility index (Phi) is 30.1. The van der Waals surface area contributed by atoms with Crippen LogP contribution in [-0.2, 0) is 0 Å². The van der Waals surface area contributed by atoms with Crippen LogP contribution in [-0.4, -0.2) is 4.98 Å². The molecule has 1 N–H and O–H groups in total. The van der Waals surface area contributed by atoms with Gasteiger partial charge in [0.05, 0.1) is 12.0 Å². The zero-order chi connectivity index (χ0) is 31.8. The van der Waals surface area contributed by atoms with Gasteiger partial charge in [0.15, 0.2) is 0 Å². The molecule has 44 heavy (non-hydrogen) atoms. The van der Waals surface area contributed by atoms with Gasteiger partial charge in [0.2, 0.25) is 0 Å². The van der Waals surface area contributed by atoms with Gasteiger partial charge in [-0.05, 0) is 32.6 Å². The van der Waals surface area contributed by atoms with Crippen LogP contribution in [0.15, 0.2) is 12.4 Å². The van der Waals surface area contributed by atoms with Gasteiger partial charge in [-0.15, -0.1) is 0 Å². The smallest absolute Gasteiger partial charge is 0.247 e. The van der Waals surface area contributed by atoms with Gasteiger partial charge in [-0.1, -0.05) is 207 Å². The Balaban J connectivity index is 2.28. The van der Waals surface area contributed by atoms with Gasteiger partial charge in [0.1, 0.15) is 12.4 Å². The largest absolute Gasteiger partial charge is 0.257 e. The monoisotopic (exact) mass is 616 g/mol. The average molecular weight is 616 g/mol. The molecule has 0 saturated heterocycles. The maximum absolute atomic E-state index is 3.74. The summed E-state index contributed by atoms with van der Waals surface area (Å²) in [4.78, 5) is 3.74. The van der Waals surface area contributed by atoms with Crippen LogP contribution in [0.5, 0.6) is 0 Å². The van der Waals surface area contributed by atoms with Crippen LogP contribution in [0.3, 0.4) is 0 Å². The van der Waals surface area contributed by atoms with Crippen molar-refractivity contribution in [1.29, 1.82) is 0 Å². The van der Waals surface area contributed by atoms with Gasteiger partial charge in [0.25, 0.3) is 5.82 Å². The molecule has 0 amide bonds. The summed E-state index contributed by atoms with van der Waals surface area (Å²) in [6.45, 7) is 9.40. The standard InChI is InChI=1S/C42H82N2/c1-5-8-11-14-16-18-19-20-21-22-23-24-25-27-29-31-34-37-41(36-33-30-28-26-17-15-12-9-6-2)42-43-38-39-44(42)40(4)35-32-13-10-7-3/h38-41H,5-37H2,1-4H3/p+1. The maximum Gasteiger partial charge on any atom is 0.257 e. The molecule has 0 radical (unpaired) electrons. The number of aromatic nitrogens is 2. The summed E-state index contributed by atoms with van der Waals surface area (Å²) in [7, 11) is 0. The van der Waals surface area contributed by atoms with Crippen LogP contribution in [0.2, 0.25) is 0 Å². The molecular weight excluding hydrogens is 532 g/mol. The van der Waals surface area contributed by atoms with Crippen molar-refractivity contribution in [3.8, 4) is 0 Å². The number of unbranched alkanes of at least 4 members (excludes halogenated alkanes) is 27. The molecule has 0 bridgehead atoms. The van der Waals surface area contributed by atoms with Gasteiger partial charge in [-0.25, -0.2) is 9.55 Å². The average Bonchev–Trinajstić information content (AvgIpc) is 3.53. The third kappa shape index (κ3) is 23.5. The van der Waals surface area contributed by atoms with Crippen LogP contribution in [0.1, 0.15) is 257 Å². The molecule has 260 valence electrons. The van der Waals surface area contributed by atoms with Gasteiger partial charge in [-0.3, -0.25) is 0 Å². The van der Waals surface area contributed by atoms with E-state index in [1.54, 1.807) is 0 Å². The van der Waals surface area contributed by atoms with Crippen LogP contribution >= 0.6 is 0 Å². The molecule has 1 aromatic rings. The van der Waals surface area contributed by atoms with E-state index in [1.165, 1.54) is 218 Å². The van der Waals surface area contributed by atoms with Crippen molar-refractivity contribution < 1.29 is 4.57 Å². The SMILES string of the molecule is CCCCCCCCCCCCCCCCCCCC(CCCCCCCCCCC)c1[nH]cc[n+]1C(C)CCCCCC. The molecule has 0 aromatic carbocycles. The van der Waals surface area contributed by atoms with Crippen molar-refractivity contribution in [2.45, 2.75) is 252 Å². The normalized spacial score (nSPS) is 13.1. The Morgan fingerprint density at radius 2 is 0.727 bits per heavy atom. The first-order chi connectivity index (χ1) is 21.7. The number of rotatable bonds is 35. The number of nitrogens with one attached hydrogen (secondary N) is 1. The summed E-state index contributed by atoms with van der Waals surface area (Å²) in [6, 6.07) is 0.620. The van der Waals surface area contributed by atoms with E-state index in [1.807, 2.05) is 0 Å². The first-order valence-electron chi connectivity index (χ1n) is 20.8. The minimum Gasteiger partial charge on any atom is -0.247 e. The molecular formula is C42H83N2+. The summed E-state index contributed by atoms with van der Waals surface area (Å²) < 4.78 is 2.62. The zero-order valence-corrected chi connectivity index (χ0v) is 31.1. The number of H-pyrrole nitrogens is 1. The lowest BCUT2D eigenvalue weighted by Crippen LogP contribution is -2.41. The highest BCUT2D eigenvalue weighted by molar-refractivity contribution is 4.90. The first kappa shape index (κ1) is 41.2. The second-order valence-electron chi connectivity index (χ2n) is 14.7. The van der Waals surface area contributed by atoms with Gasteiger partial charge in [0, 0.05) is 0 Å². The van der Waals surface area contributed by atoms with Crippen molar-refractivity contribution in [3.63, 3.8) is 0 Å². The van der Waals surface area contributed by atoms with E-state index in [2.05, 4.69) is 49.6 Å². The summed E-state index contributed by atoms with van der Waals surface area (Å²) >= 11 is 0. The van der Waals surface area contributed by atoms with Gasteiger partial charge < -0.3 is 0 Å². The third-order valence-corrected chi connectivity index (χ3v) is 10.4. The molecule has 1 rings (SSSR count). The molecule has 0 aliphatic carbocycles. The Labute approximate surface area is 278 Å². The molecule has 2 atom stereocenters. The number of hydrogen-bond donors (Lipinski definition) is 1. The predicted octanol–water partition coefficient (Wildman–Crippen LogP) is 14.9. The minimum atomic E-state index is 0.620. The van der Waals surface area contributed by atoms with E-state index >= 15 is 0 Å². The van der Waals surface area contributed by atoms with E-state index in [-0.39, 0.29) is 0 Å². The van der Waals surface area contributed by atoms with Crippen molar-refractivity contribution in [1.82, 2.24) is 4.98 Å². The van der Waals surface area contributed by atoms with Crippen LogP contribution in [0, 0.1) is 0 Å². The summed E-state index contributed by atoms with van der Waals surface area (Å²) in [5, 5.41) is 0. The summed E-state index contributed by atoms with van der Waals surface area (Å²) in [5.74, 6) is 2.24. The number of aromatic amines is 1. The van der Waals surface area contributed by atoms with Crippen molar-refractivity contribution >= 4 is 0 Å². The van der Waals surface area contributed by atoms with Crippen molar-refractivity contribution in [3.05, 3.63) is 18.2 Å². The molecule has 2 heteroatoms. The molecule has 1 aromatic heterocycles. The Bertz CT molecular complexity index is 679. The maximum atomic E-state index is 3.74. The molecule has 0 aliphatic heterocycles. The highest BCUT2D eigenvalue weighted by Gasteiger charge is 2.25. The predicted molar refractivity (Wildman–Crippen MR) is 198 cm³/mol. The molecule has 0 aliphatic rings. The molecule has 2 nitrogen and oxygen atoms in total. The molecule has 2 unspecified atom stereocenters. The third-order valence-electron chi connectivity index (χ3n) is 10.4. The van der Waals surface area contributed by atoms with Gasteiger partial charge in [-0.2, -0.15) is 0 Å². The number of imidazole rings is 1. The minimum absolute atomic E-state index is 0.620. The van der Waals surface area contributed by atoms with E-state index in [4.69, 9.17) is 0 Å². The lowest BCUT2D eigenvalue weighted by Gasteiger charge is -2.17. The quantitative estimate of drug-likeness (QED) is 0.0579. The summed E-state index contributed by atoms with van der Waals surface area (Å²) in [6.07, 6.45) is 51.7. The van der Waals surface area contributed by atoms with Crippen LogP contribution in [0.4, 0.5) is 0 Å². The first-order valence-corrected chi connectivity index (χ1v) is 20.8. The van der Waals surface area contributed by atoms with E-state index in [0.29, 0.717) is 12.0 Å². The molecule has 0 spiro atoms. The van der Waals surface area contributed by atoms with E-state index in [9.17, 15) is 0 Å². The van der Waals surface area contributed by atoms with Crippen LogP contribution < -0.4 is 4.57 Å².